The molecule has 0 N–H and O–H groups in total. The Morgan fingerprint density at radius 3 is 2.45 bits per heavy atom. The number of ether oxygens (including phenoxy) is 1. The molecule has 0 spiro atoms. The van der Waals surface area contributed by atoms with Crippen LogP contribution < -0.4 is 4.90 Å². The Labute approximate surface area is 131 Å². The normalized spacial score (nSPS) is 29.0. The minimum Gasteiger partial charge on any atom is -0.465 e. The lowest BCUT2D eigenvalue weighted by atomic mass is 10.0. The van der Waals surface area contributed by atoms with Gasteiger partial charge in [-0.2, -0.15) is 5.26 Å². The Balaban J connectivity index is 1.96. The fourth-order valence-corrected chi connectivity index (χ4v) is 3.23. The highest BCUT2D eigenvalue weighted by Gasteiger charge is 2.83. The van der Waals surface area contributed by atoms with Gasteiger partial charge in [-0.3, -0.25) is 14.4 Å². The summed E-state index contributed by atoms with van der Waals surface area (Å²) in [5.74, 6) is -3.95. The zero-order valence-electron chi connectivity index (χ0n) is 11.6. The van der Waals surface area contributed by atoms with Crippen LogP contribution in [0, 0.1) is 28.6 Å². The summed E-state index contributed by atoms with van der Waals surface area (Å²) in [6.07, 6.45) is 0. The number of nitrogens with zero attached hydrogens (tertiary/aromatic N) is 2. The quantitative estimate of drug-likeness (QED) is 0.623. The van der Waals surface area contributed by atoms with Gasteiger partial charge >= 0.3 is 5.97 Å². The molecule has 7 heteroatoms. The van der Waals surface area contributed by atoms with Gasteiger partial charge < -0.3 is 4.74 Å². The summed E-state index contributed by atoms with van der Waals surface area (Å²) in [5.41, 5.74) is -1.41. The van der Waals surface area contributed by atoms with E-state index in [0.29, 0.717) is 0 Å². The Bertz CT molecular complexity index is 717. The van der Waals surface area contributed by atoms with E-state index in [4.69, 9.17) is 16.3 Å². The lowest BCUT2D eigenvalue weighted by Crippen LogP contribution is -2.40. The van der Waals surface area contributed by atoms with Gasteiger partial charge in [-0.05, 0) is 19.1 Å². The highest BCUT2D eigenvalue weighted by molar-refractivity contribution is 6.37. The topological polar surface area (TPSA) is 87.5 Å². The molecule has 1 unspecified atom stereocenters. The average Bonchev–Trinajstić information content (AvgIpc) is 3.12. The number of halogens is 1. The SMILES string of the molecule is CCOC(=O)C1(C#N)[C@@H]2C(=O)N(c3ccccc3Cl)C(=O)[C@@H]21. The molecule has 1 saturated heterocycles. The Morgan fingerprint density at radius 2 is 1.95 bits per heavy atom. The number of carbonyl (C=O) groups excluding carboxylic acids is 3. The number of amides is 2. The van der Waals surface area contributed by atoms with Crippen LogP contribution >= 0.6 is 11.6 Å². The van der Waals surface area contributed by atoms with E-state index < -0.39 is 35.0 Å². The third-order valence-electron chi connectivity index (χ3n) is 4.07. The number of hydrogen-bond donors (Lipinski definition) is 0. The summed E-state index contributed by atoms with van der Waals surface area (Å²) < 4.78 is 4.85. The largest absolute Gasteiger partial charge is 0.465 e. The summed E-state index contributed by atoms with van der Waals surface area (Å²) in [5, 5.41) is 9.56. The molecule has 1 aliphatic carbocycles. The second-order valence-electron chi connectivity index (χ2n) is 5.12. The molecular formula is C15H11ClN2O4. The second-order valence-corrected chi connectivity index (χ2v) is 5.53. The van der Waals surface area contributed by atoms with E-state index >= 15 is 0 Å². The molecule has 0 aromatic heterocycles. The first-order valence-corrected chi connectivity index (χ1v) is 7.09. The van der Waals surface area contributed by atoms with E-state index in [2.05, 4.69) is 0 Å². The first kappa shape index (κ1) is 14.5. The molecule has 1 saturated carbocycles. The molecule has 6 nitrogen and oxygen atoms in total. The molecule has 0 bridgehead atoms. The maximum Gasteiger partial charge on any atom is 0.328 e. The summed E-state index contributed by atoms with van der Waals surface area (Å²) in [4.78, 5) is 37.9. The molecule has 112 valence electrons. The van der Waals surface area contributed by atoms with Gasteiger partial charge in [0.25, 0.3) is 0 Å². The molecule has 1 aromatic rings. The van der Waals surface area contributed by atoms with Crippen LogP contribution in [-0.2, 0) is 19.1 Å². The van der Waals surface area contributed by atoms with Crippen molar-refractivity contribution in [2.45, 2.75) is 6.92 Å². The summed E-state index contributed by atoms with van der Waals surface area (Å²) in [6, 6.07) is 8.24. The van der Waals surface area contributed by atoms with Crippen LogP contribution in [-0.4, -0.2) is 24.4 Å². The summed E-state index contributed by atoms with van der Waals surface area (Å²) in [7, 11) is 0. The first-order valence-electron chi connectivity index (χ1n) is 6.71. The van der Waals surface area contributed by atoms with Crippen molar-refractivity contribution in [3.8, 4) is 6.07 Å². The Morgan fingerprint density at radius 1 is 1.36 bits per heavy atom. The van der Waals surface area contributed by atoms with Crippen molar-refractivity contribution >= 4 is 35.1 Å². The standard InChI is InChI=1S/C15H11ClN2O4/c1-2-22-14(21)15(7-17)10-11(15)13(20)18(12(10)19)9-6-4-3-5-8(9)16/h3-6,10-11H,2H2,1H3/t10-,11+,15?. The molecule has 2 amide bonds. The van der Waals surface area contributed by atoms with Gasteiger partial charge in [0.05, 0.1) is 35.2 Å². The van der Waals surface area contributed by atoms with Crippen molar-refractivity contribution in [3.63, 3.8) is 0 Å². The number of para-hydroxylation sites is 1. The molecule has 1 aromatic carbocycles. The maximum absolute atomic E-state index is 12.5. The molecule has 22 heavy (non-hydrogen) atoms. The van der Waals surface area contributed by atoms with Crippen LogP contribution in [0.3, 0.4) is 0 Å². The number of carbonyl (C=O) groups is 3. The predicted molar refractivity (Wildman–Crippen MR) is 75.6 cm³/mol. The smallest absolute Gasteiger partial charge is 0.328 e. The van der Waals surface area contributed by atoms with Gasteiger partial charge in [0.15, 0.2) is 5.41 Å². The molecule has 3 atom stereocenters. The average molecular weight is 319 g/mol. The molecular weight excluding hydrogens is 308 g/mol. The van der Waals surface area contributed by atoms with Crippen LogP contribution in [0.4, 0.5) is 5.69 Å². The molecule has 2 aliphatic rings. The van der Waals surface area contributed by atoms with Gasteiger partial charge in [-0.1, -0.05) is 23.7 Å². The number of esters is 1. The van der Waals surface area contributed by atoms with Crippen LogP contribution in [0.2, 0.25) is 5.02 Å². The molecule has 2 fully saturated rings. The van der Waals surface area contributed by atoms with Crippen molar-refractivity contribution in [3.05, 3.63) is 29.3 Å². The Hall–Kier alpha value is -2.39. The van der Waals surface area contributed by atoms with Crippen molar-refractivity contribution < 1.29 is 19.1 Å². The fraction of sp³-hybridized carbons (Fsp3) is 0.333. The Kier molecular flexibility index (Phi) is 3.18. The van der Waals surface area contributed by atoms with E-state index in [-0.39, 0.29) is 17.3 Å². The number of hydrogen-bond acceptors (Lipinski definition) is 5. The van der Waals surface area contributed by atoms with Crippen LogP contribution in [0.5, 0.6) is 0 Å². The third kappa shape index (κ3) is 1.63. The number of imide groups is 1. The van der Waals surface area contributed by atoms with Crippen molar-refractivity contribution in [2.75, 3.05) is 11.5 Å². The van der Waals surface area contributed by atoms with Crippen molar-refractivity contribution in [1.82, 2.24) is 0 Å². The summed E-state index contributed by atoms with van der Waals surface area (Å²) >= 11 is 6.01. The monoisotopic (exact) mass is 318 g/mol. The molecule has 1 aliphatic heterocycles. The zero-order chi connectivity index (χ0) is 16.1. The van der Waals surface area contributed by atoms with E-state index in [1.165, 1.54) is 0 Å². The number of rotatable bonds is 3. The number of fused-ring (bicyclic) bond motifs is 1. The minimum atomic E-state index is -1.68. The zero-order valence-corrected chi connectivity index (χ0v) is 12.3. The van der Waals surface area contributed by atoms with Gasteiger partial charge in [0, 0.05) is 0 Å². The lowest BCUT2D eigenvalue weighted by molar-refractivity contribution is -0.150. The highest BCUT2D eigenvalue weighted by atomic mass is 35.5. The molecule has 0 radical (unpaired) electrons. The van der Waals surface area contributed by atoms with E-state index in [0.717, 1.165) is 4.90 Å². The van der Waals surface area contributed by atoms with E-state index in [1.54, 1.807) is 31.2 Å². The van der Waals surface area contributed by atoms with Gasteiger partial charge in [0.2, 0.25) is 11.8 Å². The van der Waals surface area contributed by atoms with Gasteiger partial charge in [0.1, 0.15) is 0 Å². The summed E-state index contributed by atoms with van der Waals surface area (Å²) in [6.45, 7) is 1.68. The van der Waals surface area contributed by atoms with Gasteiger partial charge in [-0.25, -0.2) is 4.90 Å². The fourth-order valence-electron chi connectivity index (χ4n) is 3.01. The third-order valence-corrected chi connectivity index (χ3v) is 4.39. The highest BCUT2D eigenvalue weighted by Crippen LogP contribution is 2.64. The van der Waals surface area contributed by atoms with Gasteiger partial charge in [-0.15, -0.1) is 0 Å². The van der Waals surface area contributed by atoms with E-state index in [9.17, 15) is 19.6 Å². The lowest BCUT2D eigenvalue weighted by Gasteiger charge is -2.21. The predicted octanol–water partition coefficient (Wildman–Crippen LogP) is 1.53. The number of nitriles is 1. The van der Waals surface area contributed by atoms with E-state index in [1.807, 2.05) is 6.07 Å². The number of benzene rings is 1. The molecule has 1 heterocycles. The van der Waals surface area contributed by atoms with Crippen LogP contribution in [0.1, 0.15) is 6.92 Å². The van der Waals surface area contributed by atoms with Crippen LogP contribution in [0.15, 0.2) is 24.3 Å². The second kappa shape index (κ2) is 4.82. The minimum absolute atomic E-state index is 0.0817. The maximum atomic E-state index is 12.5. The number of piperidine rings is 1. The van der Waals surface area contributed by atoms with Crippen LogP contribution in [0.25, 0.3) is 0 Å². The van der Waals surface area contributed by atoms with Crippen molar-refractivity contribution in [2.24, 2.45) is 17.3 Å². The van der Waals surface area contributed by atoms with Crippen molar-refractivity contribution in [1.29, 1.82) is 5.26 Å². The molecule has 3 rings (SSSR count). The number of anilines is 1. The first-order chi connectivity index (χ1) is 10.5.